The molecule has 0 bridgehead atoms. The van der Waals surface area contributed by atoms with E-state index in [4.69, 9.17) is 33.6 Å². The van der Waals surface area contributed by atoms with E-state index >= 15 is 0 Å². The molecule has 0 spiro atoms. The lowest BCUT2D eigenvalue weighted by atomic mass is 10.0. The van der Waals surface area contributed by atoms with E-state index in [1.54, 1.807) is 6.08 Å². The number of carbonyl (C=O) groups excluding carboxylic acids is 4. The number of carboxylic acids is 1. The highest BCUT2D eigenvalue weighted by Crippen LogP contribution is 2.33. The lowest BCUT2D eigenvalue weighted by molar-refractivity contribution is -0.246. The lowest BCUT2D eigenvalue weighted by Gasteiger charge is -2.40. The minimum absolute atomic E-state index is 0.000927. The van der Waals surface area contributed by atoms with Crippen molar-refractivity contribution in [3.8, 4) is 5.75 Å². The van der Waals surface area contributed by atoms with Gasteiger partial charge in [0.1, 0.15) is 30.9 Å². The van der Waals surface area contributed by atoms with E-state index in [1.165, 1.54) is 39.0 Å². The van der Waals surface area contributed by atoms with E-state index in [-0.39, 0.29) is 23.7 Å². The fourth-order valence-corrected chi connectivity index (χ4v) is 3.28. The second-order valence-electron chi connectivity index (χ2n) is 7.32. The first-order chi connectivity index (χ1) is 17.4. The maximum Gasteiger partial charge on any atom is 0.303 e. The van der Waals surface area contributed by atoms with Gasteiger partial charge in [0.25, 0.3) is 5.97 Å². The molecule has 13 heteroatoms. The Kier molecular flexibility index (Phi) is 16.3. The summed E-state index contributed by atoms with van der Waals surface area (Å²) in [4.78, 5) is 54.5. The van der Waals surface area contributed by atoms with Crippen LogP contribution >= 0.6 is 12.0 Å². The summed E-state index contributed by atoms with van der Waals surface area (Å²) in [6.07, 6.45) is -1.54. The molecule has 1 saturated heterocycles. The normalized spacial score (nSPS) is 19.8. The summed E-state index contributed by atoms with van der Waals surface area (Å²) < 4.78 is 36.6. The SMILES string of the molecule is C=CC.CC(=O)O.CC(=O)OCC1OC(Oc2ccc(C=O)cc2SO)CC(OC(C)=O)C1OC(C)=O. The highest BCUT2D eigenvalue weighted by molar-refractivity contribution is 7.93. The average molecular weight is 545 g/mol. The van der Waals surface area contributed by atoms with Crippen LogP contribution in [0.3, 0.4) is 0 Å². The Bertz CT molecular complexity index is 928. The number of benzene rings is 1. The molecule has 37 heavy (non-hydrogen) atoms. The van der Waals surface area contributed by atoms with E-state index in [9.17, 15) is 23.7 Å². The summed E-state index contributed by atoms with van der Waals surface area (Å²) in [5.74, 6) is -2.42. The van der Waals surface area contributed by atoms with E-state index in [0.717, 1.165) is 6.92 Å². The lowest BCUT2D eigenvalue weighted by Crippen LogP contribution is -2.54. The maximum atomic E-state index is 11.6. The Balaban J connectivity index is 0.00000165. The minimum Gasteiger partial charge on any atom is -0.481 e. The summed E-state index contributed by atoms with van der Waals surface area (Å²) in [6.45, 7) is 9.67. The van der Waals surface area contributed by atoms with Gasteiger partial charge >= 0.3 is 17.9 Å². The van der Waals surface area contributed by atoms with E-state index in [1.807, 2.05) is 6.92 Å². The number of aldehydes is 1. The topological polar surface area (TPSA) is 172 Å². The highest BCUT2D eigenvalue weighted by atomic mass is 32.2. The van der Waals surface area contributed by atoms with Gasteiger partial charge in [-0.2, -0.15) is 0 Å². The van der Waals surface area contributed by atoms with Gasteiger partial charge in [0.15, 0.2) is 6.10 Å². The molecular formula is C24H32O12S. The number of rotatable bonds is 8. The molecule has 1 aliphatic rings. The Labute approximate surface area is 219 Å². The first-order valence-electron chi connectivity index (χ1n) is 10.8. The quantitative estimate of drug-likeness (QED) is 0.161. The average Bonchev–Trinajstić information content (AvgIpc) is 2.79. The molecule has 0 radical (unpaired) electrons. The van der Waals surface area contributed by atoms with Gasteiger partial charge in [0.05, 0.1) is 11.3 Å². The third kappa shape index (κ3) is 14.0. The van der Waals surface area contributed by atoms with Crippen molar-refractivity contribution in [3.63, 3.8) is 0 Å². The zero-order valence-corrected chi connectivity index (χ0v) is 22.0. The highest BCUT2D eigenvalue weighted by Gasteiger charge is 2.44. The number of ether oxygens (including phenoxy) is 5. The summed E-state index contributed by atoms with van der Waals surface area (Å²) >= 11 is 0.385. The third-order valence-electron chi connectivity index (χ3n) is 4.02. The Morgan fingerprint density at radius 1 is 1.11 bits per heavy atom. The number of hydrogen-bond donors (Lipinski definition) is 2. The number of carboxylic acid groups (broad SMARTS) is 1. The van der Waals surface area contributed by atoms with Gasteiger partial charge in [0, 0.05) is 45.3 Å². The van der Waals surface area contributed by atoms with Crippen LogP contribution in [0.15, 0.2) is 35.7 Å². The van der Waals surface area contributed by atoms with Crippen LogP contribution in [0.5, 0.6) is 5.75 Å². The standard InChI is InChI=1S/C19H22O10S.C3H6.C2H4O2/c1-10(21)25-9-16-19(27-12(3)23)15(26-11(2)22)7-18(29-16)28-14-5-4-13(8-20)6-17(14)30-24;1-3-2;1-2(3)4/h4-6,8,15-16,18-19,24H,7,9H2,1-3H3;3H,1H2,2H3;1H3,(H,3,4). The number of hydrogen-bond acceptors (Lipinski definition) is 12. The Morgan fingerprint density at radius 3 is 2.14 bits per heavy atom. The summed E-state index contributed by atoms with van der Waals surface area (Å²) in [7, 11) is 0. The molecule has 1 heterocycles. The van der Waals surface area contributed by atoms with Crippen molar-refractivity contribution in [3.05, 3.63) is 36.4 Å². The third-order valence-corrected chi connectivity index (χ3v) is 4.53. The van der Waals surface area contributed by atoms with Crippen LogP contribution in [0, 0.1) is 0 Å². The van der Waals surface area contributed by atoms with E-state index in [0.29, 0.717) is 23.9 Å². The predicted octanol–water partition coefficient (Wildman–Crippen LogP) is 3.27. The van der Waals surface area contributed by atoms with Crippen LogP contribution in [0.4, 0.5) is 0 Å². The zero-order valence-electron chi connectivity index (χ0n) is 21.2. The molecule has 1 aromatic carbocycles. The Morgan fingerprint density at radius 2 is 1.68 bits per heavy atom. The molecule has 0 aliphatic carbocycles. The smallest absolute Gasteiger partial charge is 0.303 e. The van der Waals surface area contributed by atoms with Crippen LogP contribution in [-0.2, 0) is 38.1 Å². The van der Waals surface area contributed by atoms with Gasteiger partial charge in [-0.25, -0.2) is 0 Å². The van der Waals surface area contributed by atoms with Crippen molar-refractivity contribution in [2.45, 2.75) is 70.5 Å². The number of allylic oxidation sites excluding steroid dienone is 1. The molecule has 1 aromatic rings. The zero-order chi connectivity index (χ0) is 28.5. The largest absolute Gasteiger partial charge is 0.481 e. The van der Waals surface area contributed by atoms with Crippen molar-refractivity contribution < 1.29 is 57.3 Å². The van der Waals surface area contributed by atoms with Gasteiger partial charge in [-0.05, 0) is 25.1 Å². The molecule has 206 valence electrons. The van der Waals surface area contributed by atoms with Gasteiger partial charge in [-0.15, -0.1) is 6.58 Å². The van der Waals surface area contributed by atoms with Crippen LogP contribution in [0.2, 0.25) is 0 Å². The van der Waals surface area contributed by atoms with Crippen LogP contribution < -0.4 is 4.74 Å². The molecule has 1 fully saturated rings. The van der Waals surface area contributed by atoms with Gasteiger partial charge in [0.2, 0.25) is 6.29 Å². The molecule has 0 saturated carbocycles. The van der Waals surface area contributed by atoms with E-state index in [2.05, 4.69) is 6.58 Å². The van der Waals surface area contributed by atoms with Crippen molar-refractivity contribution in [1.29, 1.82) is 0 Å². The van der Waals surface area contributed by atoms with Gasteiger partial charge in [-0.3, -0.25) is 24.0 Å². The first-order valence-corrected chi connectivity index (χ1v) is 11.6. The van der Waals surface area contributed by atoms with Crippen molar-refractivity contribution in [2.24, 2.45) is 0 Å². The van der Waals surface area contributed by atoms with Crippen LogP contribution in [0.25, 0.3) is 0 Å². The summed E-state index contributed by atoms with van der Waals surface area (Å²) in [5, 5.41) is 7.42. The monoisotopic (exact) mass is 544 g/mol. The van der Waals surface area contributed by atoms with Crippen molar-refractivity contribution >= 4 is 42.2 Å². The molecule has 1 aliphatic heterocycles. The van der Waals surface area contributed by atoms with Crippen LogP contribution in [-0.4, -0.2) is 71.0 Å². The fourth-order valence-electron chi connectivity index (χ4n) is 2.88. The number of carbonyl (C=O) groups is 5. The predicted molar refractivity (Wildman–Crippen MR) is 131 cm³/mol. The molecule has 2 N–H and O–H groups in total. The number of esters is 3. The maximum absolute atomic E-state index is 11.6. The number of aliphatic carboxylic acids is 1. The molecule has 4 unspecified atom stereocenters. The van der Waals surface area contributed by atoms with Gasteiger partial charge in [-0.1, -0.05) is 6.08 Å². The molecule has 0 aromatic heterocycles. The molecular weight excluding hydrogens is 512 g/mol. The summed E-state index contributed by atoms with van der Waals surface area (Å²) in [5.41, 5.74) is 0.337. The molecule has 0 amide bonds. The molecule has 4 atom stereocenters. The van der Waals surface area contributed by atoms with E-state index < -0.39 is 48.5 Å². The van der Waals surface area contributed by atoms with Crippen molar-refractivity contribution in [2.75, 3.05) is 6.61 Å². The second-order valence-corrected chi connectivity index (χ2v) is 7.95. The first kappa shape index (κ1) is 33.6. The minimum atomic E-state index is -1.02. The molecule has 12 nitrogen and oxygen atoms in total. The second kappa shape index (κ2) is 17.9. The molecule has 2 rings (SSSR count). The van der Waals surface area contributed by atoms with Gasteiger partial charge < -0.3 is 33.3 Å². The fraction of sp³-hybridized carbons (Fsp3) is 0.458. The van der Waals surface area contributed by atoms with Crippen LogP contribution in [0.1, 0.15) is 51.4 Å². The Hall–Kier alpha value is -3.42. The van der Waals surface area contributed by atoms with Crippen molar-refractivity contribution in [1.82, 2.24) is 0 Å². The summed E-state index contributed by atoms with van der Waals surface area (Å²) in [6, 6.07) is 4.40.